The van der Waals surface area contributed by atoms with Gasteiger partial charge in [-0.15, -0.1) is 10.2 Å². The van der Waals surface area contributed by atoms with Crippen LogP contribution in [0, 0.1) is 5.82 Å². The maximum Gasteiger partial charge on any atom is 0.242 e. The van der Waals surface area contributed by atoms with Crippen molar-refractivity contribution < 1.29 is 18.3 Å². The number of fused-ring (bicyclic) bond motifs is 1. The summed E-state index contributed by atoms with van der Waals surface area (Å²) in [5, 5.41) is 7.96. The Morgan fingerprint density at radius 1 is 1.00 bits per heavy atom. The van der Waals surface area contributed by atoms with Crippen LogP contribution < -0.4 is 9.64 Å². The van der Waals surface area contributed by atoms with Gasteiger partial charge in [-0.25, -0.2) is 4.39 Å². The van der Waals surface area contributed by atoms with E-state index in [1.807, 2.05) is 24.3 Å². The van der Waals surface area contributed by atoms with E-state index in [-0.39, 0.29) is 12.4 Å². The van der Waals surface area contributed by atoms with Crippen molar-refractivity contribution in [1.82, 2.24) is 10.2 Å². The van der Waals surface area contributed by atoms with Crippen LogP contribution in [0.2, 0.25) is 0 Å². The van der Waals surface area contributed by atoms with Gasteiger partial charge >= 0.3 is 0 Å². The maximum absolute atomic E-state index is 13.7. The van der Waals surface area contributed by atoms with Gasteiger partial charge in [0.25, 0.3) is 0 Å². The van der Waals surface area contributed by atoms with Gasteiger partial charge in [0.1, 0.15) is 18.2 Å². The van der Waals surface area contributed by atoms with Crippen LogP contribution in [0.4, 0.5) is 10.1 Å². The summed E-state index contributed by atoms with van der Waals surface area (Å²) in [5.41, 5.74) is 5.12. The van der Waals surface area contributed by atoms with Gasteiger partial charge in [-0.3, -0.25) is 0 Å². The highest BCUT2D eigenvalue weighted by atomic mass is 19.1. The van der Waals surface area contributed by atoms with Gasteiger partial charge in [0.2, 0.25) is 11.8 Å². The summed E-state index contributed by atoms with van der Waals surface area (Å²) in [6, 6.07) is 21.4. The van der Waals surface area contributed by atoms with Crippen molar-refractivity contribution in [3.63, 3.8) is 0 Å². The second-order valence-electron chi connectivity index (χ2n) is 8.90. The average Bonchev–Trinajstić information content (AvgIpc) is 3.36. The van der Waals surface area contributed by atoms with Gasteiger partial charge in [0.15, 0.2) is 0 Å². The molecular weight excluding hydrogens is 457 g/mol. The van der Waals surface area contributed by atoms with E-state index in [1.54, 1.807) is 20.3 Å². The lowest BCUT2D eigenvalue weighted by atomic mass is 9.76. The Bertz CT molecular complexity index is 1370. The van der Waals surface area contributed by atoms with Crippen molar-refractivity contribution in [3.8, 4) is 5.75 Å². The number of aromatic nitrogens is 2. The van der Waals surface area contributed by atoms with E-state index in [9.17, 15) is 4.39 Å². The fourth-order valence-electron chi connectivity index (χ4n) is 4.90. The van der Waals surface area contributed by atoms with Gasteiger partial charge in [-0.2, -0.15) is 0 Å². The van der Waals surface area contributed by atoms with Crippen LogP contribution in [-0.2, 0) is 23.3 Å². The zero-order valence-electron chi connectivity index (χ0n) is 20.6. The van der Waals surface area contributed by atoms with Crippen LogP contribution in [-0.4, -0.2) is 31.0 Å². The molecule has 1 aromatic heterocycles. The Kier molecular flexibility index (Phi) is 6.57. The molecule has 7 heteroatoms. The Hall–Kier alpha value is -3.97. The molecule has 1 atom stereocenters. The van der Waals surface area contributed by atoms with Gasteiger partial charge in [0, 0.05) is 25.4 Å². The first kappa shape index (κ1) is 23.8. The fraction of sp³-hybridized carbons (Fsp3) is 0.241. The molecular formula is C29H28FN3O3. The zero-order chi connectivity index (χ0) is 25.1. The second kappa shape index (κ2) is 9.95. The topological polar surface area (TPSA) is 60.6 Å². The number of ether oxygens (including phenoxy) is 2. The highest BCUT2D eigenvalue weighted by Gasteiger charge is 2.40. The first-order valence-electron chi connectivity index (χ1n) is 11.8. The van der Waals surface area contributed by atoms with E-state index in [0.717, 1.165) is 35.5 Å². The molecule has 6 nitrogen and oxygen atoms in total. The number of hydrogen-bond acceptors (Lipinski definition) is 6. The molecule has 0 bridgehead atoms. The van der Waals surface area contributed by atoms with Crippen molar-refractivity contribution in [2.45, 2.75) is 25.5 Å². The lowest BCUT2D eigenvalue weighted by molar-refractivity contribution is 0.159. The molecule has 0 fully saturated rings. The van der Waals surface area contributed by atoms with Crippen molar-refractivity contribution >= 4 is 17.8 Å². The molecule has 1 aliphatic heterocycles. The monoisotopic (exact) mass is 485 g/mol. The molecule has 0 N–H and O–H groups in total. The van der Waals surface area contributed by atoms with Crippen LogP contribution in [0.25, 0.3) is 12.2 Å². The third-order valence-corrected chi connectivity index (χ3v) is 6.76. The summed E-state index contributed by atoms with van der Waals surface area (Å²) in [4.78, 5) is 2.35. The minimum atomic E-state index is -0.457. The Balaban J connectivity index is 1.50. The van der Waals surface area contributed by atoms with E-state index in [4.69, 9.17) is 13.9 Å². The molecule has 0 spiro atoms. The smallest absolute Gasteiger partial charge is 0.242 e. The minimum absolute atomic E-state index is 0.241. The summed E-state index contributed by atoms with van der Waals surface area (Å²) < 4.78 is 29.7. The molecule has 3 aromatic carbocycles. The third kappa shape index (κ3) is 4.50. The number of benzene rings is 3. The van der Waals surface area contributed by atoms with E-state index < -0.39 is 5.54 Å². The normalized spacial score (nSPS) is 17.4. The lowest BCUT2D eigenvalue weighted by Gasteiger charge is -2.48. The SMILES string of the molecule is COCc1nnc(/C=C/c2ccc(C3(C)c4ccc(OC)cc4CCN3c3ccc(F)cc3)cc2)o1. The average molecular weight is 486 g/mol. The largest absolute Gasteiger partial charge is 0.497 e. The highest BCUT2D eigenvalue weighted by molar-refractivity contribution is 5.67. The van der Waals surface area contributed by atoms with E-state index in [0.29, 0.717) is 11.8 Å². The van der Waals surface area contributed by atoms with E-state index in [2.05, 4.69) is 58.4 Å². The maximum atomic E-state index is 13.7. The predicted octanol–water partition coefficient (Wildman–Crippen LogP) is 5.86. The molecule has 5 rings (SSSR count). The first-order valence-corrected chi connectivity index (χ1v) is 11.8. The summed E-state index contributed by atoms with van der Waals surface area (Å²) in [7, 11) is 3.27. The van der Waals surface area contributed by atoms with Crippen LogP contribution in [0.15, 0.2) is 71.1 Å². The number of methoxy groups -OCH3 is 2. The molecule has 0 saturated carbocycles. The van der Waals surface area contributed by atoms with Crippen molar-refractivity contribution in [1.29, 1.82) is 0 Å². The highest BCUT2D eigenvalue weighted by Crippen LogP contribution is 2.44. The zero-order valence-corrected chi connectivity index (χ0v) is 20.6. The predicted molar refractivity (Wildman–Crippen MR) is 137 cm³/mol. The first-order chi connectivity index (χ1) is 17.5. The molecule has 184 valence electrons. The molecule has 2 heterocycles. The van der Waals surface area contributed by atoms with Gasteiger partial charge < -0.3 is 18.8 Å². The molecule has 0 radical (unpaired) electrons. The number of nitrogens with zero attached hydrogens (tertiary/aromatic N) is 3. The molecule has 4 aromatic rings. The number of anilines is 1. The summed E-state index contributed by atoms with van der Waals surface area (Å²) in [5.74, 6) is 1.47. The second-order valence-corrected chi connectivity index (χ2v) is 8.90. The van der Waals surface area contributed by atoms with Crippen molar-refractivity contribution in [2.24, 2.45) is 0 Å². The third-order valence-electron chi connectivity index (χ3n) is 6.76. The van der Waals surface area contributed by atoms with E-state index in [1.165, 1.54) is 23.3 Å². The molecule has 1 unspecified atom stereocenters. The van der Waals surface area contributed by atoms with Crippen molar-refractivity contribution in [2.75, 3.05) is 25.7 Å². The van der Waals surface area contributed by atoms with Gasteiger partial charge in [-0.05, 0) is 78.1 Å². The Morgan fingerprint density at radius 2 is 1.78 bits per heavy atom. The van der Waals surface area contributed by atoms with Crippen LogP contribution in [0.3, 0.4) is 0 Å². The summed E-state index contributed by atoms with van der Waals surface area (Å²) in [6.07, 6.45) is 4.60. The summed E-state index contributed by atoms with van der Waals surface area (Å²) >= 11 is 0. The standard InChI is InChI=1S/C29H28FN3O3/c1-29(22-7-4-20(5-8-22)6-15-27-31-32-28(36-27)19-34-2)26-14-13-25(35-3)18-21(26)16-17-33(29)24-11-9-23(30)10-12-24/h4-15,18H,16-17,19H2,1-3H3/b15-6+. The van der Waals surface area contributed by atoms with Crippen molar-refractivity contribution in [3.05, 3.63) is 107 Å². The van der Waals surface area contributed by atoms with Crippen LogP contribution in [0.1, 0.15) is 41.0 Å². The molecule has 0 amide bonds. The number of hydrogen-bond donors (Lipinski definition) is 0. The Labute approximate surface area is 210 Å². The Morgan fingerprint density at radius 3 is 2.50 bits per heavy atom. The molecule has 0 aliphatic carbocycles. The fourth-order valence-corrected chi connectivity index (χ4v) is 4.90. The quantitative estimate of drug-likeness (QED) is 0.327. The lowest BCUT2D eigenvalue weighted by Crippen LogP contribution is -2.49. The number of halogens is 1. The van der Waals surface area contributed by atoms with Crippen LogP contribution in [0.5, 0.6) is 5.75 Å². The number of rotatable bonds is 7. The van der Waals surface area contributed by atoms with Crippen LogP contribution >= 0.6 is 0 Å². The molecule has 0 saturated heterocycles. The minimum Gasteiger partial charge on any atom is -0.497 e. The van der Waals surface area contributed by atoms with E-state index >= 15 is 0 Å². The van der Waals surface area contributed by atoms with Gasteiger partial charge in [0.05, 0.1) is 12.6 Å². The molecule has 36 heavy (non-hydrogen) atoms. The summed E-state index contributed by atoms with van der Waals surface area (Å²) in [6.45, 7) is 3.30. The molecule has 1 aliphatic rings. The van der Waals surface area contributed by atoms with Gasteiger partial charge in [-0.1, -0.05) is 30.3 Å².